The first-order valence-corrected chi connectivity index (χ1v) is 9.47. The summed E-state index contributed by atoms with van der Waals surface area (Å²) in [5.41, 5.74) is 7.87. The average Bonchev–Trinajstić information content (AvgIpc) is 2.62. The van der Waals surface area contributed by atoms with Gasteiger partial charge in [-0.05, 0) is 61.1 Å². The van der Waals surface area contributed by atoms with Crippen molar-refractivity contribution >= 4 is 29.9 Å². The Morgan fingerprint density at radius 3 is 2.52 bits per heavy atom. The van der Waals surface area contributed by atoms with E-state index < -0.39 is 0 Å². The van der Waals surface area contributed by atoms with Crippen LogP contribution in [0.4, 0.5) is 0 Å². The molecule has 2 aromatic rings. The first-order chi connectivity index (χ1) is 12.6. The number of halogens is 2. The van der Waals surface area contributed by atoms with Gasteiger partial charge in [-0.1, -0.05) is 35.9 Å². The fourth-order valence-corrected chi connectivity index (χ4v) is 3.48. The highest BCUT2D eigenvalue weighted by molar-refractivity contribution is 6.30. The molecule has 1 amide bonds. The fourth-order valence-electron chi connectivity index (χ4n) is 3.27. The largest absolute Gasteiger partial charge is 0.489 e. The van der Waals surface area contributed by atoms with Gasteiger partial charge in [-0.25, -0.2) is 0 Å². The Labute approximate surface area is 171 Å². The number of hydrogen-bond donors (Lipinski definition) is 2. The highest BCUT2D eigenvalue weighted by atomic mass is 35.5. The summed E-state index contributed by atoms with van der Waals surface area (Å²) in [5, 5.41) is 3.82. The maximum Gasteiger partial charge on any atom is 0.224 e. The van der Waals surface area contributed by atoms with Crippen LogP contribution in [0.2, 0.25) is 5.02 Å². The van der Waals surface area contributed by atoms with E-state index in [1.54, 1.807) is 0 Å². The molecule has 0 unspecified atom stereocenters. The lowest BCUT2D eigenvalue weighted by atomic mass is 9.91. The van der Waals surface area contributed by atoms with Gasteiger partial charge < -0.3 is 15.8 Å². The molecule has 0 atom stereocenters. The van der Waals surface area contributed by atoms with Crippen LogP contribution >= 0.6 is 24.0 Å². The van der Waals surface area contributed by atoms with Gasteiger partial charge in [0.1, 0.15) is 12.4 Å². The molecule has 0 spiro atoms. The predicted molar refractivity (Wildman–Crippen MR) is 112 cm³/mol. The van der Waals surface area contributed by atoms with Gasteiger partial charge in [-0.3, -0.25) is 4.79 Å². The number of ether oxygens (including phenoxy) is 1. The van der Waals surface area contributed by atoms with Crippen LogP contribution < -0.4 is 15.8 Å². The second-order valence-corrected chi connectivity index (χ2v) is 7.36. The molecular weight excluding hydrogens is 383 g/mol. The fraction of sp³-hybridized carbons (Fsp3) is 0.381. The van der Waals surface area contributed by atoms with E-state index >= 15 is 0 Å². The van der Waals surface area contributed by atoms with Gasteiger partial charge in [-0.15, -0.1) is 12.4 Å². The molecule has 1 aliphatic carbocycles. The highest BCUT2D eigenvalue weighted by Gasteiger charge is 2.20. The van der Waals surface area contributed by atoms with Crippen molar-refractivity contribution in [2.45, 2.75) is 50.8 Å². The third-order valence-corrected chi connectivity index (χ3v) is 4.93. The van der Waals surface area contributed by atoms with Crippen LogP contribution in [0.3, 0.4) is 0 Å². The molecule has 3 N–H and O–H groups in total. The van der Waals surface area contributed by atoms with Crippen LogP contribution in [0, 0.1) is 0 Å². The molecule has 0 aliphatic heterocycles. The molecule has 1 aliphatic rings. The van der Waals surface area contributed by atoms with Crippen molar-refractivity contribution in [3.8, 4) is 5.75 Å². The molecule has 1 fully saturated rings. The molecule has 146 valence electrons. The molecule has 2 aromatic carbocycles. The van der Waals surface area contributed by atoms with E-state index in [-0.39, 0.29) is 30.4 Å². The molecule has 6 heteroatoms. The van der Waals surface area contributed by atoms with Crippen LogP contribution in [-0.4, -0.2) is 18.0 Å². The standard InChI is InChI=1S/C21H25ClN2O2.ClH/c22-17-5-1-4-16(11-17)14-26-20-6-2-3-15(12-20)13-21(25)24-19-9-7-18(23)8-10-19;/h1-6,11-12,18-19H,7-10,13-14,23H2,(H,24,25);1H. The maximum absolute atomic E-state index is 12.3. The molecule has 1 saturated carbocycles. The number of nitrogens with two attached hydrogens (primary N) is 1. The van der Waals surface area contributed by atoms with Crippen molar-refractivity contribution in [1.29, 1.82) is 0 Å². The molecule has 0 heterocycles. The summed E-state index contributed by atoms with van der Waals surface area (Å²) in [6.45, 7) is 0.443. The van der Waals surface area contributed by atoms with Gasteiger partial charge in [0.05, 0.1) is 6.42 Å². The van der Waals surface area contributed by atoms with E-state index in [1.807, 2.05) is 48.5 Å². The second kappa shape index (κ2) is 10.5. The van der Waals surface area contributed by atoms with Gasteiger partial charge in [0, 0.05) is 17.1 Å². The average molecular weight is 409 g/mol. The SMILES string of the molecule is Cl.NC1CCC(NC(=O)Cc2cccc(OCc3cccc(Cl)c3)c2)CC1. The summed E-state index contributed by atoms with van der Waals surface area (Å²) in [5.74, 6) is 0.802. The number of carbonyl (C=O) groups is 1. The molecule has 27 heavy (non-hydrogen) atoms. The quantitative estimate of drug-likeness (QED) is 0.749. The Kier molecular flexibility index (Phi) is 8.42. The van der Waals surface area contributed by atoms with Gasteiger partial charge in [0.15, 0.2) is 0 Å². The van der Waals surface area contributed by atoms with Crippen molar-refractivity contribution in [1.82, 2.24) is 5.32 Å². The molecule has 0 saturated heterocycles. The van der Waals surface area contributed by atoms with Crippen LogP contribution in [0.1, 0.15) is 36.8 Å². The van der Waals surface area contributed by atoms with Gasteiger partial charge >= 0.3 is 0 Å². The normalized spacial score (nSPS) is 19.0. The molecule has 0 aromatic heterocycles. The topological polar surface area (TPSA) is 64.3 Å². The van der Waals surface area contributed by atoms with E-state index in [0.717, 1.165) is 42.6 Å². The summed E-state index contributed by atoms with van der Waals surface area (Å²) in [4.78, 5) is 12.3. The van der Waals surface area contributed by atoms with Crippen molar-refractivity contribution in [3.63, 3.8) is 0 Å². The monoisotopic (exact) mass is 408 g/mol. The third kappa shape index (κ3) is 7.06. The molecule has 0 bridgehead atoms. The number of hydrogen-bond acceptors (Lipinski definition) is 3. The number of amides is 1. The van der Waals surface area contributed by atoms with Gasteiger partial charge in [-0.2, -0.15) is 0 Å². The van der Waals surface area contributed by atoms with Crippen molar-refractivity contribution in [2.75, 3.05) is 0 Å². The number of rotatable bonds is 6. The third-order valence-electron chi connectivity index (χ3n) is 4.69. The molecular formula is C21H26Cl2N2O2. The number of carbonyl (C=O) groups excluding carboxylic acids is 1. The van der Waals surface area contributed by atoms with E-state index in [1.165, 1.54) is 0 Å². The van der Waals surface area contributed by atoms with Crippen LogP contribution in [0.5, 0.6) is 5.75 Å². The van der Waals surface area contributed by atoms with Crippen molar-refractivity contribution in [3.05, 3.63) is 64.7 Å². The zero-order valence-electron chi connectivity index (χ0n) is 15.2. The minimum absolute atomic E-state index is 0. The first-order valence-electron chi connectivity index (χ1n) is 9.09. The Balaban J connectivity index is 0.00000261. The van der Waals surface area contributed by atoms with E-state index in [4.69, 9.17) is 22.1 Å². The van der Waals surface area contributed by atoms with E-state index in [9.17, 15) is 4.79 Å². The van der Waals surface area contributed by atoms with Gasteiger partial charge in [0.25, 0.3) is 0 Å². The maximum atomic E-state index is 12.3. The Morgan fingerprint density at radius 2 is 1.78 bits per heavy atom. The Bertz CT molecular complexity index is 746. The van der Waals surface area contributed by atoms with E-state index in [0.29, 0.717) is 18.1 Å². The smallest absolute Gasteiger partial charge is 0.224 e. The summed E-state index contributed by atoms with van der Waals surface area (Å²) < 4.78 is 5.83. The zero-order valence-corrected chi connectivity index (χ0v) is 16.8. The van der Waals surface area contributed by atoms with Crippen LogP contribution in [0.25, 0.3) is 0 Å². The van der Waals surface area contributed by atoms with Crippen LogP contribution in [0.15, 0.2) is 48.5 Å². The molecule has 4 nitrogen and oxygen atoms in total. The first kappa shape index (κ1) is 21.5. The summed E-state index contributed by atoms with van der Waals surface area (Å²) in [6, 6.07) is 15.8. The molecule has 3 rings (SSSR count). The summed E-state index contributed by atoms with van der Waals surface area (Å²) >= 11 is 5.99. The van der Waals surface area contributed by atoms with E-state index in [2.05, 4.69) is 5.32 Å². The van der Waals surface area contributed by atoms with Gasteiger partial charge in [0.2, 0.25) is 5.91 Å². The Hall–Kier alpha value is -1.75. The number of nitrogens with one attached hydrogen (secondary N) is 1. The zero-order chi connectivity index (χ0) is 18.4. The van der Waals surface area contributed by atoms with Crippen molar-refractivity contribution in [2.24, 2.45) is 5.73 Å². The minimum atomic E-state index is 0. The lowest BCUT2D eigenvalue weighted by Gasteiger charge is -2.26. The summed E-state index contributed by atoms with van der Waals surface area (Å²) in [6.07, 6.45) is 4.26. The lowest BCUT2D eigenvalue weighted by molar-refractivity contribution is -0.121. The number of benzene rings is 2. The predicted octanol–water partition coefficient (Wildman–Crippen LogP) is 4.27. The highest BCUT2D eigenvalue weighted by Crippen LogP contribution is 2.19. The second-order valence-electron chi connectivity index (χ2n) is 6.92. The lowest BCUT2D eigenvalue weighted by Crippen LogP contribution is -2.41. The minimum Gasteiger partial charge on any atom is -0.489 e. The van der Waals surface area contributed by atoms with Crippen LogP contribution in [-0.2, 0) is 17.8 Å². The summed E-state index contributed by atoms with van der Waals surface area (Å²) in [7, 11) is 0. The Morgan fingerprint density at radius 1 is 1.07 bits per heavy atom. The molecule has 0 radical (unpaired) electrons. The van der Waals surface area contributed by atoms with Crippen molar-refractivity contribution < 1.29 is 9.53 Å².